The number of nitrogens with zero attached hydrogens (tertiary/aromatic N) is 4. The molecule has 0 spiro atoms. The molecule has 6 nitrogen and oxygen atoms in total. The predicted octanol–water partition coefficient (Wildman–Crippen LogP) is 1.06. The highest BCUT2D eigenvalue weighted by molar-refractivity contribution is 7.11. The van der Waals surface area contributed by atoms with E-state index >= 15 is 0 Å². The highest BCUT2D eigenvalue weighted by atomic mass is 32.1. The number of rotatable bonds is 5. The maximum Gasteiger partial charge on any atom is 0.191 e. The van der Waals surface area contributed by atoms with E-state index in [1.807, 2.05) is 0 Å². The lowest BCUT2D eigenvalue weighted by Crippen LogP contribution is -2.55. The highest BCUT2D eigenvalue weighted by Gasteiger charge is 2.22. The number of aromatic nitrogens is 1. The van der Waals surface area contributed by atoms with Crippen LogP contribution in [0.5, 0.6) is 0 Å². The average Bonchev–Trinajstić information content (AvgIpc) is 2.84. The molecule has 1 atom stereocenters. The van der Waals surface area contributed by atoms with Crippen LogP contribution in [0.3, 0.4) is 0 Å². The van der Waals surface area contributed by atoms with Gasteiger partial charge in [-0.15, -0.1) is 11.3 Å². The zero-order valence-electron chi connectivity index (χ0n) is 15.0. The number of hydrogen-bond donors (Lipinski definition) is 2. The number of piperazine rings is 1. The van der Waals surface area contributed by atoms with Crippen LogP contribution in [0.1, 0.15) is 22.5 Å². The molecule has 23 heavy (non-hydrogen) atoms. The largest absolute Gasteiger partial charge is 0.357 e. The number of aliphatic imine (C=N–C) groups is 1. The Morgan fingerprint density at radius 3 is 2.74 bits per heavy atom. The van der Waals surface area contributed by atoms with E-state index < -0.39 is 0 Å². The van der Waals surface area contributed by atoms with Crippen LogP contribution in [-0.2, 0) is 6.54 Å². The Labute approximate surface area is 144 Å². The zero-order valence-corrected chi connectivity index (χ0v) is 15.8. The Kier molecular flexibility index (Phi) is 6.80. The van der Waals surface area contributed by atoms with Gasteiger partial charge in [-0.25, -0.2) is 9.98 Å². The van der Waals surface area contributed by atoms with Crippen molar-refractivity contribution >= 4 is 17.3 Å². The second-order valence-electron chi connectivity index (χ2n) is 6.22. The number of thiazole rings is 1. The molecule has 1 fully saturated rings. The van der Waals surface area contributed by atoms with E-state index in [4.69, 9.17) is 0 Å². The molecule has 2 rings (SSSR count). The summed E-state index contributed by atoms with van der Waals surface area (Å²) in [4.78, 5) is 15.3. The summed E-state index contributed by atoms with van der Waals surface area (Å²) >= 11 is 1.73. The number of likely N-dealkylation sites (N-methyl/N-ethyl adjacent to an activating group) is 2. The molecule has 1 aromatic heterocycles. The first-order chi connectivity index (χ1) is 11.0. The molecule has 0 aliphatic carbocycles. The van der Waals surface area contributed by atoms with Crippen LogP contribution in [0.15, 0.2) is 4.99 Å². The summed E-state index contributed by atoms with van der Waals surface area (Å²) in [5.74, 6) is 0.875. The summed E-state index contributed by atoms with van der Waals surface area (Å²) in [7, 11) is 4.39. The third-order valence-corrected chi connectivity index (χ3v) is 5.33. The van der Waals surface area contributed by atoms with Crippen LogP contribution >= 0.6 is 11.3 Å². The topological polar surface area (TPSA) is 55.8 Å². The lowest BCUT2D eigenvalue weighted by molar-refractivity contribution is 0.116. The fourth-order valence-electron chi connectivity index (χ4n) is 2.63. The summed E-state index contributed by atoms with van der Waals surface area (Å²) in [6.45, 7) is 12.0. The van der Waals surface area contributed by atoms with E-state index in [0.29, 0.717) is 12.6 Å². The van der Waals surface area contributed by atoms with Crippen LogP contribution in [0.25, 0.3) is 0 Å². The van der Waals surface area contributed by atoms with Gasteiger partial charge in [0, 0.05) is 43.6 Å². The van der Waals surface area contributed by atoms with E-state index in [0.717, 1.165) is 49.4 Å². The molecule has 0 radical (unpaired) electrons. The van der Waals surface area contributed by atoms with Gasteiger partial charge in [-0.05, 0) is 34.9 Å². The minimum atomic E-state index is 0.516. The van der Waals surface area contributed by atoms with Gasteiger partial charge in [0.15, 0.2) is 5.96 Å². The van der Waals surface area contributed by atoms with Crippen LogP contribution in [-0.4, -0.2) is 73.6 Å². The van der Waals surface area contributed by atoms with Gasteiger partial charge in [0.1, 0.15) is 5.01 Å². The molecular formula is C16H30N6S. The zero-order chi connectivity index (χ0) is 16.8. The minimum Gasteiger partial charge on any atom is -0.357 e. The van der Waals surface area contributed by atoms with Crippen molar-refractivity contribution in [1.29, 1.82) is 0 Å². The Morgan fingerprint density at radius 1 is 1.30 bits per heavy atom. The molecule has 1 unspecified atom stereocenters. The second-order valence-corrected chi connectivity index (χ2v) is 7.51. The smallest absolute Gasteiger partial charge is 0.191 e. The van der Waals surface area contributed by atoms with Crippen molar-refractivity contribution in [3.05, 3.63) is 15.6 Å². The number of nitrogens with one attached hydrogen (secondary N) is 2. The maximum absolute atomic E-state index is 4.68. The normalized spacial score (nSPS) is 20.7. The van der Waals surface area contributed by atoms with Crippen molar-refractivity contribution in [1.82, 2.24) is 25.4 Å². The molecule has 0 bridgehead atoms. The Morgan fingerprint density at radius 2 is 2.09 bits per heavy atom. The molecule has 7 heteroatoms. The van der Waals surface area contributed by atoms with Crippen molar-refractivity contribution in [2.75, 3.05) is 46.8 Å². The first-order valence-corrected chi connectivity index (χ1v) is 9.15. The number of aryl methyl sites for hydroxylation is 2. The van der Waals surface area contributed by atoms with Gasteiger partial charge >= 0.3 is 0 Å². The molecule has 0 amide bonds. The van der Waals surface area contributed by atoms with Crippen LogP contribution < -0.4 is 10.6 Å². The standard InChI is InChI=1S/C16H30N6S/c1-6-17-16(19-10-15-20-12(2)13(3)23-15)18-9-14-11-21(4)7-8-22(14)5/h14H,6-11H2,1-5H3,(H2,17,18,19). The van der Waals surface area contributed by atoms with E-state index in [1.165, 1.54) is 4.88 Å². The molecule has 0 aromatic carbocycles. The monoisotopic (exact) mass is 338 g/mol. The molecule has 1 aromatic rings. The van der Waals surface area contributed by atoms with Crippen LogP contribution in [0.4, 0.5) is 0 Å². The Balaban J connectivity index is 1.90. The van der Waals surface area contributed by atoms with E-state index in [9.17, 15) is 0 Å². The SMILES string of the molecule is CCNC(=NCc1nc(C)c(C)s1)NCC1CN(C)CCN1C. The van der Waals surface area contributed by atoms with Crippen molar-refractivity contribution in [2.45, 2.75) is 33.4 Å². The van der Waals surface area contributed by atoms with Gasteiger partial charge in [0.05, 0.1) is 12.2 Å². The minimum absolute atomic E-state index is 0.516. The van der Waals surface area contributed by atoms with Gasteiger partial charge < -0.3 is 15.5 Å². The van der Waals surface area contributed by atoms with Gasteiger partial charge in [-0.1, -0.05) is 0 Å². The first-order valence-electron chi connectivity index (χ1n) is 8.33. The van der Waals surface area contributed by atoms with Crippen LogP contribution in [0, 0.1) is 13.8 Å². The lowest BCUT2D eigenvalue weighted by atomic mass is 10.2. The molecule has 2 N–H and O–H groups in total. The molecule has 2 heterocycles. The summed E-state index contributed by atoms with van der Waals surface area (Å²) in [6.07, 6.45) is 0. The van der Waals surface area contributed by atoms with Crippen molar-refractivity contribution in [2.24, 2.45) is 4.99 Å². The van der Waals surface area contributed by atoms with Gasteiger partial charge in [0.2, 0.25) is 0 Å². The van der Waals surface area contributed by atoms with Gasteiger partial charge in [-0.2, -0.15) is 0 Å². The molecule has 1 aliphatic heterocycles. The van der Waals surface area contributed by atoms with Crippen LogP contribution in [0.2, 0.25) is 0 Å². The van der Waals surface area contributed by atoms with Gasteiger partial charge in [-0.3, -0.25) is 4.90 Å². The summed E-state index contributed by atoms with van der Waals surface area (Å²) in [5.41, 5.74) is 1.12. The van der Waals surface area contributed by atoms with E-state index in [-0.39, 0.29) is 0 Å². The Bertz CT molecular complexity index is 507. The summed E-state index contributed by atoms with van der Waals surface area (Å²) in [5, 5.41) is 7.88. The third kappa shape index (κ3) is 5.44. The van der Waals surface area contributed by atoms with Gasteiger partial charge in [0.25, 0.3) is 0 Å². The lowest BCUT2D eigenvalue weighted by Gasteiger charge is -2.37. The maximum atomic E-state index is 4.68. The van der Waals surface area contributed by atoms with E-state index in [1.54, 1.807) is 11.3 Å². The number of hydrogen-bond acceptors (Lipinski definition) is 5. The molecule has 1 aliphatic rings. The molecule has 0 saturated carbocycles. The highest BCUT2D eigenvalue weighted by Crippen LogP contribution is 2.16. The fraction of sp³-hybridized carbons (Fsp3) is 0.750. The van der Waals surface area contributed by atoms with E-state index in [2.05, 4.69) is 65.3 Å². The predicted molar refractivity (Wildman–Crippen MR) is 98.3 cm³/mol. The molecular weight excluding hydrogens is 308 g/mol. The summed E-state index contributed by atoms with van der Waals surface area (Å²) < 4.78 is 0. The molecule has 130 valence electrons. The van der Waals surface area contributed by atoms with Crippen molar-refractivity contribution in [3.63, 3.8) is 0 Å². The third-order valence-electron chi connectivity index (χ3n) is 4.27. The van der Waals surface area contributed by atoms with Crippen molar-refractivity contribution in [3.8, 4) is 0 Å². The second kappa shape index (κ2) is 8.61. The quantitative estimate of drug-likeness (QED) is 0.621. The Hall–Kier alpha value is -1.18. The summed E-state index contributed by atoms with van der Waals surface area (Å²) in [6, 6.07) is 0.516. The number of guanidine groups is 1. The average molecular weight is 339 g/mol. The van der Waals surface area contributed by atoms with Crippen molar-refractivity contribution < 1.29 is 0 Å². The fourth-order valence-corrected chi connectivity index (χ4v) is 3.49. The first kappa shape index (κ1) is 18.2. The molecule has 1 saturated heterocycles.